The van der Waals surface area contributed by atoms with E-state index < -0.39 is 24.7 Å². The van der Waals surface area contributed by atoms with Gasteiger partial charge in [-0.1, -0.05) is 6.07 Å². The molecule has 0 spiro atoms. The fraction of sp³-hybridized carbons (Fsp3) is 0.429. The Morgan fingerprint density at radius 1 is 1.38 bits per heavy atom. The van der Waals surface area contributed by atoms with Gasteiger partial charge in [-0.2, -0.15) is 13.2 Å². The van der Waals surface area contributed by atoms with Crippen molar-refractivity contribution in [2.24, 2.45) is 0 Å². The zero-order chi connectivity index (χ0) is 15.8. The second-order valence-corrected chi connectivity index (χ2v) is 5.24. The van der Waals surface area contributed by atoms with Crippen LogP contribution in [-0.2, 0) is 11.2 Å². The molecule has 21 heavy (non-hydrogen) atoms. The molecule has 1 aromatic carbocycles. The van der Waals surface area contributed by atoms with Gasteiger partial charge in [-0.3, -0.25) is 9.59 Å². The molecule has 1 N–H and O–H groups in total. The molecule has 0 aromatic heterocycles. The quantitative estimate of drug-likeness (QED) is 0.933. The fourth-order valence-electron chi connectivity index (χ4n) is 2.20. The van der Waals surface area contributed by atoms with Crippen molar-refractivity contribution in [3.8, 4) is 0 Å². The van der Waals surface area contributed by atoms with Gasteiger partial charge < -0.3 is 10.2 Å². The van der Waals surface area contributed by atoms with E-state index >= 15 is 0 Å². The molecule has 0 bridgehead atoms. The number of nitrogens with one attached hydrogen (secondary N) is 1. The third-order valence-corrected chi connectivity index (χ3v) is 3.22. The molecule has 4 nitrogen and oxygen atoms in total. The summed E-state index contributed by atoms with van der Waals surface area (Å²) in [6, 6.07) is 3.88. The summed E-state index contributed by atoms with van der Waals surface area (Å²) < 4.78 is 37.7. The number of rotatable bonds is 3. The summed E-state index contributed by atoms with van der Waals surface area (Å²) in [4.78, 5) is 24.3. The second kappa shape index (κ2) is 5.38. The maximum Gasteiger partial charge on any atom is 0.406 e. The minimum absolute atomic E-state index is 0.133. The molecule has 0 aliphatic carbocycles. The zero-order valence-corrected chi connectivity index (χ0v) is 11.6. The maximum atomic E-state index is 12.6. The molecule has 7 heteroatoms. The normalized spacial score (nSPS) is 14.1. The molecule has 0 saturated heterocycles. The fourth-order valence-corrected chi connectivity index (χ4v) is 2.20. The third kappa shape index (κ3) is 3.53. The number of amides is 2. The molecule has 0 unspecified atom stereocenters. The van der Waals surface area contributed by atoms with Gasteiger partial charge >= 0.3 is 6.18 Å². The van der Waals surface area contributed by atoms with E-state index in [1.807, 2.05) is 0 Å². The minimum Gasteiger partial charge on any atom is -0.327 e. The molecule has 114 valence electrons. The smallest absolute Gasteiger partial charge is 0.327 e. The summed E-state index contributed by atoms with van der Waals surface area (Å²) in [5.74, 6) is -0.892. The van der Waals surface area contributed by atoms with Crippen LogP contribution in [0.25, 0.3) is 0 Å². The Balaban J connectivity index is 2.26. The van der Waals surface area contributed by atoms with Crippen molar-refractivity contribution in [2.75, 3.05) is 11.9 Å². The van der Waals surface area contributed by atoms with E-state index in [-0.39, 0.29) is 17.9 Å². The van der Waals surface area contributed by atoms with E-state index in [1.165, 1.54) is 26.0 Å². The molecule has 0 saturated carbocycles. The Morgan fingerprint density at radius 3 is 2.62 bits per heavy atom. The van der Waals surface area contributed by atoms with Gasteiger partial charge in [0.05, 0.1) is 6.42 Å². The van der Waals surface area contributed by atoms with E-state index in [1.54, 1.807) is 6.07 Å². The molecule has 1 aliphatic heterocycles. The van der Waals surface area contributed by atoms with E-state index in [9.17, 15) is 22.8 Å². The molecule has 2 amide bonds. The monoisotopic (exact) mass is 300 g/mol. The SMILES string of the molecule is CC(C)N(CC(F)(F)F)C(=O)c1ccc2c(c1)NC(=O)C2. The van der Waals surface area contributed by atoms with Crippen molar-refractivity contribution >= 4 is 17.5 Å². The predicted molar refractivity (Wildman–Crippen MR) is 71.0 cm³/mol. The highest BCUT2D eigenvalue weighted by Crippen LogP contribution is 2.26. The van der Waals surface area contributed by atoms with Crippen molar-refractivity contribution < 1.29 is 22.8 Å². The van der Waals surface area contributed by atoms with Crippen LogP contribution in [0.1, 0.15) is 29.8 Å². The highest BCUT2D eigenvalue weighted by Gasteiger charge is 2.34. The predicted octanol–water partition coefficient (Wildman–Crippen LogP) is 2.59. The number of fused-ring (bicyclic) bond motifs is 1. The average molecular weight is 300 g/mol. The molecule has 0 atom stereocenters. The number of anilines is 1. The summed E-state index contributed by atoms with van der Waals surface area (Å²) in [6.07, 6.45) is -4.23. The molecule has 1 aliphatic rings. The van der Waals surface area contributed by atoms with Crippen molar-refractivity contribution in [3.63, 3.8) is 0 Å². The first kappa shape index (κ1) is 15.3. The largest absolute Gasteiger partial charge is 0.406 e. The number of halogens is 3. The van der Waals surface area contributed by atoms with Crippen molar-refractivity contribution in [2.45, 2.75) is 32.5 Å². The van der Waals surface area contributed by atoms with Gasteiger partial charge in [0.1, 0.15) is 6.54 Å². The van der Waals surface area contributed by atoms with Crippen LogP contribution in [0.2, 0.25) is 0 Å². The third-order valence-electron chi connectivity index (χ3n) is 3.22. The molecular weight excluding hydrogens is 285 g/mol. The van der Waals surface area contributed by atoms with Crippen molar-refractivity contribution in [1.82, 2.24) is 4.90 Å². The maximum absolute atomic E-state index is 12.6. The van der Waals surface area contributed by atoms with Crippen molar-refractivity contribution in [1.29, 1.82) is 0 Å². The van der Waals surface area contributed by atoms with Crippen molar-refractivity contribution in [3.05, 3.63) is 29.3 Å². The van der Waals surface area contributed by atoms with E-state index in [2.05, 4.69) is 5.32 Å². The van der Waals surface area contributed by atoms with Crippen LogP contribution in [0.3, 0.4) is 0 Å². The molecule has 1 aromatic rings. The Kier molecular flexibility index (Phi) is 3.93. The Hall–Kier alpha value is -2.05. The number of hydrogen-bond donors (Lipinski definition) is 1. The van der Waals surface area contributed by atoms with Gasteiger partial charge in [-0.15, -0.1) is 0 Å². The van der Waals surface area contributed by atoms with Crippen LogP contribution >= 0.6 is 0 Å². The molecule has 1 heterocycles. The lowest BCUT2D eigenvalue weighted by molar-refractivity contribution is -0.143. The summed E-state index contributed by atoms with van der Waals surface area (Å²) in [5.41, 5.74) is 1.36. The minimum atomic E-state index is -4.45. The van der Waals surface area contributed by atoms with Crippen LogP contribution in [0.4, 0.5) is 18.9 Å². The van der Waals surface area contributed by atoms with Gasteiger partial charge in [0.15, 0.2) is 0 Å². The van der Waals surface area contributed by atoms with Gasteiger partial charge in [-0.25, -0.2) is 0 Å². The van der Waals surface area contributed by atoms with Gasteiger partial charge in [0.2, 0.25) is 5.91 Å². The Labute approximate surface area is 119 Å². The highest BCUT2D eigenvalue weighted by molar-refractivity contribution is 6.02. The molecule has 0 radical (unpaired) electrons. The topological polar surface area (TPSA) is 49.4 Å². The summed E-state index contributed by atoms with van der Waals surface area (Å²) in [7, 11) is 0. The van der Waals surface area contributed by atoms with Crippen LogP contribution in [-0.4, -0.2) is 35.5 Å². The van der Waals surface area contributed by atoms with Crippen LogP contribution < -0.4 is 5.32 Å². The molecule has 2 rings (SSSR count). The first-order chi connectivity index (χ1) is 9.67. The van der Waals surface area contributed by atoms with Crippen LogP contribution in [0, 0.1) is 0 Å². The number of carbonyl (C=O) groups excluding carboxylic acids is 2. The Morgan fingerprint density at radius 2 is 2.05 bits per heavy atom. The van der Waals surface area contributed by atoms with Gasteiger partial charge in [0.25, 0.3) is 5.91 Å². The summed E-state index contributed by atoms with van der Waals surface area (Å²) in [6.45, 7) is 1.75. The number of carbonyl (C=O) groups is 2. The lowest BCUT2D eigenvalue weighted by Gasteiger charge is -2.28. The number of alkyl halides is 3. The first-order valence-electron chi connectivity index (χ1n) is 6.48. The van der Waals surface area contributed by atoms with Crippen LogP contribution in [0.5, 0.6) is 0 Å². The van der Waals surface area contributed by atoms with Gasteiger partial charge in [-0.05, 0) is 31.5 Å². The second-order valence-electron chi connectivity index (χ2n) is 5.24. The average Bonchev–Trinajstić information content (AvgIpc) is 2.72. The van der Waals surface area contributed by atoms with E-state index in [0.717, 1.165) is 10.5 Å². The van der Waals surface area contributed by atoms with Crippen LogP contribution in [0.15, 0.2) is 18.2 Å². The van der Waals surface area contributed by atoms with E-state index in [4.69, 9.17) is 0 Å². The summed E-state index contributed by atoms with van der Waals surface area (Å²) >= 11 is 0. The standard InChI is InChI=1S/C14H15F3N2O2/c1-8(2)19(7-14(15,16)17)13(21)10-4-3-9-6-12(20)18-11(9)5-10/h3-5,8H,6-7H2,1-2H3,(H,18,20). The zero-order valence-electron chi connectivity index (χ0n) is 11.6. The lowest BCUT2D eigenvalue weighted by atomic mass is 10.1. The van der Waals surface area contributed by atoms with E-state index in [0.29, 0.717) is 5.69 Å². The van der Waals surface area contributed by atoms with Gasteiger partial charge in [0, 0.05) is 17.3 Å². The number of nitrogens with zero attached hydrogens (tertiary/aromatic N) is 1. The molecular formula is C14H15F3N2O2. The lowest BCUT2D eigenvalue weighted by Crippen LogP contribution is -2.43. The molecule has 0 fully saturated rings. The first-order valence-corrected chi connectivity index (χ1v) is 6.48. The highest BCUT2D eigenvalue weighted by atomic mass is 19.4. The number of benzene rings is 1. The Bertz CT molecular complexity index is 582. The summed E-state index contributed by atoms with van der Waals surface area (Å²) in [5, 5.41) is 2.58. The number of hydrogen-bond acceptors (Lipinski definition) is 2.